The Morgan fingerprint density at radius 3 is 2.48 bits per heavy atom. The van der Waals surface area contributed by atoms with Crippen LogP contribution in [0.4, 0.5) is 0 Å². The number of rotatable bonds is 9. The van der Waals surface area contributed by atoms with Crippen LogP contribution in [0.2, 0.25) is 0 Å². The number of nitrogens with zero attached hydrogens (tertiary/aromatic N) is 1. The van der Waals surface area contributed by atoms with Crippen molar-refractivity contribution >= 4 is 29.9 Å². The first-order valence-corrected chi connectivity index (χ1v) is 8.40. The van der Waals surface area contributed by atoms with E-state index in [1.165, 1.54) is 11.1 Å². The van der Waals surface area contributed by atoms with Gasteiger partial charge in [0.15, 0.2) is 5.96 Å². The fourth-order valence-corrected chi connectivity index (χ4v) is 2.00. The highest BCUT2D eigenvalue weighted by Gasteiger charge is 2.05. The van der Waals surface area contributed by atoms with E-state index in [2.05, 4.69) is 62.6 Å². The third-order valence-electron chi connectivity index (χ3n) is 3.47. The summed E-state index contributed by atoms with van der Waals surface area (Å²) in [5.74, 6) is 0.876. The molecule has 0 aromatic heterocycles. The van der Waals surface area contributed by atoms with Gasteiger partial charge in [-0.3, -0.25) is 0 Å². The molecule has 0 saturated heterocycles. The summed E-state index contributed by atoms with van der Waals surface area (Å²) in [7, 11) is 0. The zero-order valence-corrected chi connectivity index (χ0v) is 17.2. The van der Waals surface area contributed by atoms with Crippen molar-refractivity contribution in [3.05, 3.63) is 35.4 Å². The van der Waals surface area contributed by atoms with Crippen molar-refractivity contribution in [3.8, 4) is 0 Å². The molecule has 23 heavy (non-hydrogen) atoms. The molecule has 1 aromatic rings. The van der Waals surface area contributed by atoms with Gasteiger partial charge in [0.05, 0.1) is 13.2 Å². The van der Waals surface area contributed by atoms with E-state index in [9.17, 15) is 0 Å². The Labute approximate surface area is 158 Å². The molecule has 5 heteroatoms. The van der Waals surface area contributed by atoms with Gasteiger partial charge in [0.25, 0.3) is 0 Å². The average Bonchev–Trinajstić information content (AvgIpc) is 2.54. The van der Waals surface area contributed by atoms with Crippen molar-refractivity contribution in [2.24, 2.45) is 4.99 Å². The number of aliphatic imine (C=N–C) groups is 1. The topological polar surface area (TPSA) is 45.6 Å². The smallest absolute Gasteiger partial charge is 0.191 e. The SMILES string of the molecule is CCCOCc1ccccc1CN=C(NCC)NC(C)CC.I. The van der Waals surface area contributed by atoms with Crippen LogP contribution >= 0.6 is 24.0 Å². The first-order valence-electron chi connectivity index (χ1n) is 8.40. The van der Waals surface area contributed by atoms with Crippen LogP contribution < -0.4 is 10.6 Å². The van der Waals surface area contributed by atoms with Gasteiger partial charge >= 0.3 is 0 Å². The molecule has 0 heterocycles. The molecule has 1 atom stereocenters. The molecule has 1 aromatic carbocycles. The Kier molecular flexibility index (Phi) is 13.1. The maximum absolute atomic E-state index is 5.67. The van der Waals surface area contributed by atoms with Crippen molar-refractivity contribution in [2.45, 2.75) is 59.7 Å². The molecule has 4 nitrogen and oxygen atoms in total. The van der Waals surface area contributed by atoms with Gasteiger partial charge in [-0.1, -0.05) is 38.1 Å². The van der Waals surface area contributed by atoms with E-state index in [1.54, 1.807) is 0 Å². The summed E-state index contributed by atoms with van der Waals surface area (Å²) >= 11 is 0. The van der Waals surface area contributed by atoms with Crippen LogP contribution in [0.15, 0.2) is 29.3 Å². The lowest BCUT2D eigenvalue weighted by molar-refractivity contribution is 0.121. The summed E-state index contributed by atoms with van der Waals surface area (Å²) in [4.78, 5) is 4.70. The van der Waals surface area contributed by atoms with Gasteiger partial charge in [0.1, 0.15) is 0 Å². The molecular formula is C18H32IN3O. The lowest BCUT2D eigenvalue weighted by Crippen LogP contribution is -2.41. The van der Waals surface area contributed by atoms with Gasteiger partial charge < -0.3 is 15.4 Å². The quantitative estimate of drug-likeness (QED) is 0.267. The zero-order valence-electron chi connectivity index (χ0n) is 14.9. The van der Waals surface area contributed by atoms with E-state index >= 15 is 0 Å². The third kappa shape index (κ3) is 9.15. The molecule has 0 amide bonds. The molecule has 1 unspecified atom stereocenters. The van der Waals surface area contributed by atoms with Crippen LogP contribution in [-0.4, -0.2) is 25.2 Å². The van der Waals surface area contributed by atoms with Gasteiger partial charge in [-0.15, -0.1) is 24.0 Å². The maximum Gasteiger partial charge on any atom is 0.191 e. The zero-order chi connectivity index (χ0) is 16.2. The fraction of sp³-hybridized carbons (Fsp3) is 0.611. The number of benzene rings is 1. The van der Waals surface area contributed by atoms with Crippen LogP contribution in [0.1, 0.15) is 51.7 Å². The third-order valence-corrected chi connectivity index (χ3v) is 3.47. The van der Waals surface area contributed by atoms with Crippen molar-refractivity contribution in [1.82, 2.24) is 10.6 Å². The van der Waals surface area contributed by atoms with Crippen molar-refractivity contribution < 1.29 is 4.74 Å². The summed E-state index contributed by atoms with van der Waals surface area (Å²) in [6.07, 6.45) is 2.12. The van der Waals surface area contributed by atoms with Crippen LogP contribution in [0.25, 0.3) is 0 Å². The van der Waals surface area contributed by atoms with E-state index in [-0.39, 0.29) is 24.0 Å². The minimum Gasteiger partial charge on any atom is -0.377 e. The Bertz CT molecular complexity index is 452. The Morgan fingerprint density at radius 2 is 1.87 bits per heavy atom. The van der Waals surface area contributed by atoms with Crippen LogP contribution in [0.5, 0.6) is 0 Å². The lowest BCUT2D eigenvalue weighted by Gasteiger charge is -2.16. The summed E-state index contributed by atoms with van der Waals surface area (Å²) in [5, 5.41) is 6.71. The molecule has 1 rings (SSSR count). The second-order valence-corrected chi connectivity index (χ2v) is 5.47. The first kappa shape index (κ1) is 22.2. The molecular weight excluding hydrogens is 401 g/mol. The van der Waals surface area contributed by atoms with Gasteiger partial charge in [-0.05, 0) is 37.8 Å². The van der Waals surface area contributed by atoms with E-state index in [1.807, 2.05) is 0 Å². The van der Waals surface area contributed by atoms with E-state index in [0.717, 1.165) is 32.0 Å². The second kappa shape index (κ2) is 13.6. The van der Waals surface area contributed by atoms with Crippen LogP contribution in [0.3, 0.4) is 0 Å². The van der Waals surface area contributed by atoms with E-state index in [0.29, 0.717) is 19.2 Å². The number of nitrogens with one attached hydrogen (secondary N) is 2. The highest BCUT2D eigenvalue weighted by Crippen LogP contribution is 2.11. The molecule has 0 radical (unpaired) electrons. The molecule has 0 fully saturated rings. The van der Waals surface area contributed by atoms with Crippen molar-refractivity contribution in [1.29, 1.82) is 0 Å². The minimum atomic E-state index is 0. The molecule has 132 valence electrons. The number of ether oxygens (including phenoxy) is 1. The standard InChI is InChI=1S/C18H31N3O.HI/c1-5-12-22-14-17-11-9-8-10-16(17)13-20-18(19-7-3)21-15(4)6-2;/h8-11,15H,5-7,12-14H2,1-4H3,(H2,19,20,21);1H. The van der Waals surface area contributed by atoms with Gasteiger partial charge in [-0.2, -0.15) is 0 Å². The van der Waals surface area contributed by atoms with Gasteiger partial charge in [0, 0.05) is 19.2 Å². The summed E-state index contributed by atoms with van der Waals surface area (Å²) in [5.41, 5.74) is 2.44. The summed E-state index contributed by atoms with van der Waals surface area (Å²) in [6.45, 7) is 11.5. The monoisotopic (exact) mass is 433 g/mol. The van der Waals surface area contributed by atoms with Gasteiger partial charge in [0.2, 0.25) is 0 Å². The van der Waals surface area contributed by atoms with Crippen molar-refractivity contribution in [2.75, 3.05) is 13.2 Å². The Hall–Kier alpha value is -0.820. The number of hydrogen-bond acceptors (Lipinski definition) is 2. The first-order chi connectivity index (χ1) is 10.7. The van der Waals surface area contributed by atoms with E-state index < -0.39 is 0 Å². The highest BCUT2D eigenvalue weighted by molar-refractivity contribution is 14.0. The minimum absolute atomic E-state index is 0. The second-order valence-electron chi connectivity index (χ2n) is 5.47. The molecule has 0 bridgehead atoms. The van der Waals surface area contributed by atoms with Crippen molar-refractivity contribution in [3.63, 3.8) is 0 Å². The number of halogens is 1. The number of hydrogen-bond donors (Lipinski definition) is 2. The molecule has 0 aliphatic heterocycles. The molecule has 0 spiro atoms. The number of guanidine groups is 1. The maximum atomic E-state index is 5.67. The normalized spacial score (nSPS) is 12.4. The largest absolute Gasteiger partial charge is 0.377 e. The molecule has 0 aliphatic rings. The molecule has 0 aliphatic carbocycles. The fourth-order valence-electron chi connectivity index (χ4n) is 2.00. The van der Waals surface area contributed by atoms with Gasteiger partial charge in [-0.25, -0.2) is 4.99 Å². The predicted octanol–water partition coefficient (Wildman–Crippen LogP) is 4.08. The highest BCUT2D eigenvalue weighted by atomic mass is 127. The van der Waals surface area contributed by atoms with Crippen LogP contribution in [0, 0.1) is 0 Å². The lowest BCUT2D eigenvalue weighted by atomic mass is 10.1. The predicted molar refractivity (Wildman–Crippen MR) is 110 cm³/mol. The van der Waals surface area contributed by atoms with E-state index in [4.69, 9.17) is 9.73 Å². The Balaban J connectivity index is 0.00000484. The average molecular weight is 433 g/mol. The molecule has 0 saturated carbocycles. The summed E-state index contributed by atoms with van der Waals surface area (Å²) in [6, 6.07) is 8.78. The molecule has 2 N–H and O–H groups in total. The Morgan fingerprint density at radius 1 is 1.17 bits per heavy atom. The van der Waals surface area contributed by atoms with Crippen LogP contribution in [-0.2, 0) is 17.9 Å². The summed E-state index contributed by atoms with van der Waals surface area (Å²) < 4.78 is 5.67.